The number of amides is 1. The van der Waals surface area contributed by atoms with Crippen LogP contribution in [-0.4, -0.2) is 58.0 Å². The minimum atomic E-state index is -4.59. The number of nitrogens with one attached hydrogen (secondary N) is 1. The number of nitrogens with zero attached hydrogens (tertiary/aromatic N) is 1. The van der Waals surface area contributed by atoms with Gasteiger partial charge in [-0.1, -0.05) is 0 Å². The molecule has 1 unspecified atom stereocenters. The van der Waals surface area contributed by atoms with Crippen molar-refractivity contribution in [3.63, 3.8) is 0 Å². The highest BCUT2D eigenvalue weighted by Crippen LogP contribution is 2.36. The zero-order valence-corrected chi connectivity index (χ0v) is 19.6. The van der Waals surface area contributed by atoms with Gasteiger partial charge in [0.2, 0.25) is 0 Å². The molecule has 8 nitrogen and oxygen atoms in total. The van der Waals surface area contributed by atoms with E-state index in [1.54, 1.807) is 6.92 Å². The lowest BCUT2D eigenvalue weighted by Gasteiger charge is -2.31. The standard InChI is InChI=1S/C24H27F3N2O6/c1-4-34-21-13-16(5-8-20(21)32-3)23(31)35-15(2)22(30)28-18-14-17(24(25,26)27)6-7-19(18)29-9-11-33-12-10-29/h5-8,13-15H,4,9-12H2,1-3H3,(H,28,30). The molecule has 1 fully saturated rings. The van der Waals surface area contributed by atoms with Gasteiger partial charge in [-0.2, -0.15) is 13.2 Å². The monoisotopic (exact) mass is 496 g/mol. The van der Waals surface area contributed by atoms with Crippen LogP contribution >= 0.6 is 0 Å². The lowest BCUT2D eigenvalue weighted by atomic mass is 10.1. The normalized spacial score (nSPS) is 14.7. The van der Waals surface area contributed by atoms with E-state index in [0.717, 1.165) is 12.1 Å². The Morgan fingerprint density at radius 3 is 2.46 bits per heavy atom. The van der Waals surface area contributed by atoms with Gasteiger partial charge < -0.3 is 29.2 Å². The summed E-state index contributed by atoms with van der Waals surface area (Å²) in [6.45, 7) is 5.19. The van der Waals surface area contributed by atoms with Crippen molar-refractivity contribution >= 4 is 23.3 Å². The Kier molecular flexibility index (Phi) is 8.44. The van der Waals surface area contributed by atoms with Gasteiger partial charge in [0.25, 0.3) is 5.91 Å². The number of alkyl halides is 3. The molecule has 35 heavy (non-hydrogen) atoms. The Labute approximate surface area is 200 Å². The van der Waals surface area contributed by atoms with Crippen molar-refractivity contribution < 1.29 is 41.7 Å². The molecule has 1 atom stereocenters. The fraction of sp³-hybridized carbons (Fsp3) is 0.417. The van der Waals surface area contributed by atoms with Gasteiger partial charge >= 0.3 is 12.1 Å². The maximum Gasteiger partial charge on any atom is 0.416 e. The van der Waals surface area contributed by atoms with E-state index in [1.165, 1.54) is 38.3 Å². The highest BCUT2D eigenvalue weighted by atomic mass is 19.4. The molecule has 0 spiro atoms. The van der Waals surface area contributed by atoms with Crippen molar-refractivity contribution in [3.8, 4) is 11.5 Å². The smallest absolute Gasteiger partial charge is 0.416 e. The molecule has 1 N–H and O–H groups in total. The average molecular weight is 496 g/mol. The molecule has 0 radical (unpaired) electrons. The van der Waals surface area contributed by atoms with Crippen molar-refractivity contribution in [1.29, 1.82) is 0 Å². The first-order valence-corrected chi connectivity index (χ1v) is 11.0. The fourth-order valence-corrected chi connectivity index (χ4v) is 3.48. The molecule has 3 rings (SSSR count). The summed E-state index contributed by atoms with van der Waals surface area (Å²) in [7, 11) is 1.46. The molecule has 0 aromatic heterocycles. The summed E-state index contributed by atoms with van der Waals surface area (Å²) in [5.74, 6) is -0.811. The van der Waals surface area contributed by atoms with Crippen LogP contribution in [0.25, 0.3) is 0 Å². The van der Waals surface area contributed by atoms with Gasteiger partial charge in [0.1, 0.15) is 0 Å². The largest absolute Gasteiger partial charge is 0.493 e. The van der Waals surface area contributed by atoms with E-state index >= 15 is 0 Å². The minimum Gasteiger partial charge on any atom is -0.493 e. The van der Waals surface area contributed by atoms with E-state index in [9.17, 15) is 22.8 Å². The Hall–Kier alpha value is -3.47. The van der Waals surface area contributed by atoms with Gasteiger partial charge in [0, 0.05) is 13.1 Å². The second-order valence-corrected chi connectivity index (χ2v) is 7.66. The van der Waals surface area contributed by atoms with Crippen molar-refractivity contribution in [2.75, 3.05) is 50.2 Å². The second kappa shape index (κ2) is 11.3. The first kappa shape index (κ1) is 26.1. The number of hydrogen-bond donors (Lipinski definition) is 1. The van der Waals surface area contributed by atoms with Crippen molar-refractivity contribution in [2.24, 2.45) is 0 Å². The Morgan fingerprint density at radius 1 is 1.11 bits per heavy atom. The van der Waals surface area contributed by atoms with Crippen LogP contribution in [0.1, 0.15) is 29.8 Å². The van der Waals surface area contributed by atoms with E-state index in [1.807, 2.05) is 4.90 Å². The third-order valence-corrected chi connectivity index (χ3v) is 5.29. The second-order valence-electron chi connectivity index (χ2n) is 7.66. The molecular weight excluding hydrogens is 469 g/mol. The van der Waals surface area contributed by atoms with Gasteiger partial charge in [-0.15, -0.1) is 0 Å². The van der Waals surface area contributed by atoms with Crippen LogP contribution in [-0.2, 0) is 20.4 Å². The van der Waals surface area contributed by atoms with E-state index in [0.29, 0.717) is 50.1 Å². The molecule has 1 aliphatic heterocycles. The van der Waals surface area contributed by atoms with Crippen molar-refractivity contribution in [3.05, 3.63) is 47.5 Å². The third kappa shape index (κ3) is 6.56. The molecule has 0 aliphatic carbocycles. The van der Waals surface area contributed by atoms with E-state index < -0.39 is 29.7 Å². The zero-order chi connectivity index (χ0) is 25.6. The van der Waals surface area contributed by atoms with Crippen molar-refractivity contribution in [2.45, 2.75) is 26.1 Å². The quantitative estimate of drug-likeness (QED) is 0.550. The SMILES string of the molecule is CCOc1cc(C(=O)OC(C)C(=O)Nc2cc(C(F)(F)F)ccc2N2CCOCC2)ccc1OC. The van der Waals surface area contributed by atoms with Crippen LogP contribution in [0, 0.1) is 0 Å². The Morgan fingerprint density at radius 2 is 1.83 bits per heavy atom. The molecule has 190 valence electrons. The van der Waals surface area contributed by atoms with Crippen LogP contribution in [0.4, 0.5) is 24.5 Å². The number of halogens is 3. The first-order valence-electron chi connectivity index (χ1n) is 11.0. The highest BCUT2D eigenvalue weighted by molar-refractivity contribution is 5.99. The van der Waals surface area contributed by atoms with Crippen LogP contribution in [0.5, 0.6) is 11.5 Å². The van der Waals surface area contributed by atoms with Crippen LogP contribution in [0.2, 0.25) is 0 Å². The van der Waals surface area contributed by atoms with Crippen LogP contribution < -0.4 is 19.7 Å². The first-order chi connectivity index (χ1) is 16.6. The number of hydrogen-bond acceptors (Lipinski definition) is 7. The summed E-state index contributed by atoms with van der Waals surface area (Å²) in [4.78, 5) is 27.2. The van der Waals surface area contributed by atoms with Gasteiger partial charge in [-0.25, -0.2) is 4.79 Å². The molecule has 0 saturated carbocycles. The summed E-state index contributed by atoms with van der Waals surface area (Å²) in [5.41, 5.74) is -0.388. The van der Waals surface area contributed by atoms with Gasteiger partial charge in [-0.3, -0.25) is 4.79 Å². The Bertz CT molecular complexity index is 1050. The molecule has 2 aromatic rings. The maximum atomic E-state index is 13.3. The number of ether oxygens (including phenoxy) is 4. The molecule has 11 heteroatoms. The predicted octanol–water partition coefficient (Wildman–Crippen LogP) is 4.13. The fourth-order valence-electron chi connectivity index (χ4n) is 3.48. The predicted molar refractivity (Wildman–Crippen MR) is 122 cm³/mol. The lowest BCUT2D eigenvalue weighted by Crippen LogP contribution is -2.37. The number of anilines is 2. The lowest BCUT2D eigenvalue weighted by molar-refractivity contribution is -0.137. The molecule has 1 amide bonds. The van der Waals surface area contributed by atoms with E-state index in [2.05, 4.69) is 5.32 Å². The number of esters is 1. The number of carbonyl (C=O) groups excluding carboxylic acids is 2. The number of benzene rings is 2. The molecule has 1 saturated heterocycles. The van der Waals surface area contributed by atoms with Gasteiger partial charge in [-0.05, 0) is 50.2 Å². The maximum absolute atomic E-state index is 13.3. The summed E-state index contributed by atoms with van der Waals surface area (Å²) in [5, 5.41) is 2.48. The van der Waals surface area contributed by atoms with Crippen molar-refractivity contribution in [1.82, 2.24) is 0 Å². The molecule has 2 aromatic carbocycles. The summed E-state index contributed by atoms with van der Waals surface area (Å²) in [6, 6.07) is 7.56. The summed E-state index contributed by atoms with van der Waals surface area (Å²) < 4.78 is 61.1. The van der Waals surface area contributed by atoms with Crippen LogP contribution in [0.15, 0.2) is 36.4 Å². The highest BCUT2D eigenvalue weighted by Gasteiger charge is 2.32. The number of methoxy groups -OCH3 is 1. The third-order valence-electron chi connectivity index (χ3n) is 5.29. The average Bonchev–Trinajstić information content (AvgIpc) is 2.84. The minimum absolute atomic E-state index is 0.0299. The van der Waals surface area contributed by atoms with Gasteiger partial charge in [0.15, 0.2) is 17.6 Å². The molecule has 1 aliphatic rings. The number of rotatable bonds is 8. The van der Waals surface area contributed by atoms with E-state index in [4.69, 9.17) is 18.9 Å². The zero-order valence-electron chi connectivity index (χ0n) is 19.6. The summed E-state index contributed by atoms with van der Waals surface area (Å²) in [6.07, 6.45) is -5.87. The summed E-state index contributed by atoms with van der Waals surface area (Å²) >= 11 is 0. The van der Waals surface area contributed by atoms with E-state index in [-0.39, 0.29) is 11.3 Å². The van der Waals surface area contributed by atoms with Gasteiger partial charge in [0.05, 0.1) is 49.4 Å². The molecule has 0 bridgehead atoms. The Balaban J connectivity index is 1.77. The topological polar surface area (TPSA) is 86.3 Å². The molecule has 1 heterocycles. The number of morpholine rings is 1. The number of carbonyl (C=O) groups is 2. The molecular formula is C24H27F3N2O6. The van der Waals surface area contributed by atoms with Crippen LogP contribution in [0.3, 0.4) is 0 Å².